The molecule has 2 N–H and O–H groups in total. The van der Waals surface area contributed by atoms with Crippen molar-refractivity contribution in [2.45, 2.75) is 32.2 Å². The number of carboxylic acids is 1. The lowest BCUT2D eigenvalue weighted by Gasteiger charge is -2.51. The molecule has 1 aliphatic carbocycles. The summed E-state index contributed by atoms with van der Waals surface area (Å²) in [5, 5.41) is 19.4. The third-order valence-electron chi connectivity index (χ3n) is 5.09. The van der Waals surface area contributed by atoms with Gasteiger partial charge < -0.3 is 10.2 Å². The Hall–Kier alpha value is -1.26. The second-order valence-electron chi connectivity index (χ2n) is 6.47. The molecule has 0 aromatic heterocycles. The minimum Gasteiger partial charge on any atom is -0.506 e. The van der Waals surface area contributed by atoms with E-state index in [0.717, 1.165) is 44.3 Å². The Kier molecular flexibility index (Phi) is 3.84. The quantitative estimate of drug-likeness (QED) is 0.900. The van der Waals surface area contributed by atoms with Crippen molar-refractivity contribution >= 4 is 17.6 Å². The molecular weight excluding hydrogens is 290 g/mol. The number of phenols is 1. The third-order valence-corrected chi connectivity index (χ3v) is 5.39. The number of carbonyl (C=O) groups is 1. The van der Waals surface area contributed by atoms with Crippen LogP contribution in [-0.2, 0) is 11.3 Å². The number of halogens is 1. The first kappa shape index (κ1) is 14.7. The zero-order chi connectivity index (χ0) is 15.0. The van der Waals surface area contributed by atoms with Gasteiger partial charge in [-0.1, -0.05) is 23.7 Å². The average molecular weight is 310 g/mol. The fourth-order valence-corrected chi connectivity index (χ4v) is 3.88. The van der Waals surface area contributed by atoms with Crippen molar-refractivity contribution in [3.63, 3.8) is 0 Å². The van der Waals surface area contributed by atoms with Crippen molar-refractivity contribution in [2.75, 3.05) is 13.1 Å². The highest BCUT2D eigenvalue weighted by atomic mass is 35.5. The highest BCUT2D eigenvalue weighted by Gasteiger charge is 2.48. The number of likely N-dealkylation sites (tertiary alicyclic amines) is 1. The summed E-state index contributed by atoms with van der Waals surface area (Å²) in [5.41, 5.74) is 1.12. The van der Waals surface area contributed by atoms with Crippen molar-refractivity contribution in [1.29, 1.82) is 0 Å². The molecule has 1 saturated carbocycles. The van der Waals surface area contributed by atoms with Gasteiger partial charge in [0.15, 0.2) is 0 Å². The maximum Gasteiger partial charge on any atom is 0.306 e. The summed E-state index contributed by atoms with van der Waals surface area (Å²) >= 11 is 5.93. The van der Waals surface area contributed by atoms with E-state index in [1.807, 2.05) is 12.1 Å². The SMILES string of the molecule is O=C(O)C1CC2(CCN(Cc3cccc(Cl)c3O)CC2)C1. The number of hydrogen-bond donors (Lipinski definition) is 2. The Morgan fingerprint density at radius 1 is 1.33 bits per heavy atom. The van der Waals surface area contributed by atoms with Crippen molar-refractivity contribution in [3.8, 4) is 5.75 Å². The van der Waals surface area contributed by atoms with Crippen LogP contribution in [0.3, 0.4) is 0 Å². The van der Waals surface area contributed by atoms with Crippen LogP contribution < -0.4 is 0 Å². The van der Waals surface area contributed by atoms with Crippen molar-refractivity contribution < 1.29 is 15.0 Å². The number of phenolic OH excluding ortho intramolecular Hbond substituents is 1. The number of piperidine rings is 1. The van der Waals surface area contributed by atoms with Crippen molar-refractivity contribution in [1.82, 2.24) is 4.90 Å². The van der Waals surface area contributed by atoms with Crippen molar-refractivity contribution in [2.24, 2.45) is 11.3 Å². The van der Waals surface area contributed by atoms with Crippen LogP contribution >= 0.6 is 11.6 Å². The van der Waals surface area contributed by atoms with Gasteiger partial charge in [-0.05, 0) is 50.3 Å². The van der Waals surface area contributed by atoms with Crippen LogP contribution in [0.5, 0.6) is 5.75 Å². The topological polar surface area (TPSA) is 60.8 Å². The molecule has 0 amide bonds. The monoisotopic (exact) mass is 309 g/mol. The maximum atomic E-state index is 10.9. The molecule has 1 spiro atoms. The lowest BCUT2D eigenvalue weighted by molar-refractivity contribution is -0.152. The average Bonchev–Trinajstić information content (AvgIpc) is 2.42. The second kappa shape index (κ2) is 5.50. The molecule has 2 aliphatic rings. The zero-order valence-electron chi connectivity index (χ0n) is 11.9. The first-order chi connectivity index (χ1) is 9.99. The van der Waals surface area contributed by atoms with E-state index >= 15 is 0 Å². The number of hydrogen-bond acceptors (Lipinski definition) is 3. The molecular formula is C16H20ClNO3. The van der Waals surface area contributed by atoms with Crippen LogP contribution in [0, 0.1) is 11.3 Å². The van der Waals surface area contributed by atoms with Gasteiger partial charge >= 0.3 is 5.97 Å². The Morgan fingerprint density at radius 3 is 2.62 bits per heavy atom. The summed E-state index contributed by atoms with van der Waals surface area (Å²) in [4.78, 5) is 13.2. The molecule has 21 heavy (non-hydrogen) atoms. The Balaban J connectivity index is 1.55. The lowest BCUT2D eigenvalue weighted by Crippen LogP contribution is -2.48. The predicted octanol–water partition coefficient (Wildman–Crippen LogP) is 3.12. The molecule has 1 aromatic rings. The van der Waals surface area contributed by atoms with E-state index in [-0.39, 0.29) is 17.1 Å². The number of carboxylic acid groups (broad SMARTS) is 1. The number of rotatable bonds is 3. The van der Waals surface area contributed by atoms with E-state index < -0.39 is 5.97 Å². The van der Waals surface area contributed by atoms with Crippen LogP contribution in [0.1, 0.15) is 31.2 Å². The van der Waals surface area contributed by atoms with E-state index in [1.165, 1.54) is 0 Å². The minimum absolute atomic E-state index is 0.131. The van der Waals surface area contributed by atoms with Gasteiger partial charge in [0, 0.05) is 12.1 Å². The van der Waals surface area contributed by atoms with Crippen LogP contribution in [0.15, 0.2) is 18.2 Å². The Labute approximate surface area is 129 Å². The van der Waals surface area contributed by atoms with Crippen molar-refractivity contribution in [3.05, 3.63) is 28.8 Å². The minimum atomic E-state index is -0.646. The van der Waals surface area contributed by atoms with Gasteiger partial charge in [-0.3, -0.25) is 9.69 Å². The summed E-state index contributed by atoms with van der Waals surface area (Å²) < 4.78 is 0. The Bertz CT molecular complexity index is 544. The molecule has 4 nitrogen and oxygen atoms in total. The van der Waals surface area contributed by atoms with Gasteiger partial charge in [-0.15, -0.1) is 0 Å². The molecule has 0 atom stereocenters. The first-order valence-electron chi connectivity index (χ1n) is 7.41. The summed E-state index contributed by atoms with van der Waals surface area (Å²) in [7, 11) is 0. The van der Waals surface area contributed by atoms with E-state index in [1.54, 1.807) is 6.07 Å². The van der Waals surface area contributed by atoms with E-state index in [2.05, 4.69) is 4.90 Å². The van der Waals surface area contributed by atoms with Gasteiger partial charge in [0.2, 0.25) is 0 Å². The van der Waals surface area contributed by atoms with Gasteiger partial charge in [0.25, 0.3) is 0 Å². The fourth-order valence-electron chi connectivity index (χ4n) is 3.68. The molecule has 1 aliphatic heterocycles. The number of benzene rings is 1. The van der Waals surface area contributed by atoms with Crippen LogP contribution in [0.4, 0.5) is 0 Å². The summed E-state index contributed by atoms with van der Waals surface area (Å²) in [6.45, 7) is 2.61. The lowest BCUT2D eigenvalue weighted by atomic mass is 9.57. The largest absolute Gasteiger partial charge is 0.506 e. The molecule has 5 heteroatoms. The number of aromatic hydroxyl groups is 1. The summed E-state index contributed by atoms with van der Waals surface area (Å²) in [5.74, 6) is -0.602. The van der Waals surface area contributed by atoms with E-state index in [9.17, 15) is 9.90 Å². The number of aliphatic carboxylic acids is 1. The van der Waals surface area contributed by atoms with E-state index in [0.29, 0.717) is 11.6 Å². The maximum absolute atomic E-state index is 10.9. The molecule has 0 radical (unpaired) electrons. The molecule has 1 heterocycles. The molecule has 1 saturated heterocycles. The summed E-state index contributed by atoms with van der Waals surface area (Å²) in [6.07, 6.45) is 3.77. The fraction of sp³-hybridized carbons (Fsp3) is 0.562. The molecule has 114 valence electrons. The predicted molar refractivity (Wildman–Crippen MR) is 80.4 cm³/mol. The third kappa shape index (κ3) is 2.87. The van der Waals surface area contributed by atoms with Gasteiger partial charge in [-0.25, -0.2) is 0 Å². The highest BCUT2D eigenvalue weighted by molar-refractivity contribution is 6.32. The number of nitrogens with zero attached hydrogens (tertiary/aromatic N) is 1. The van der Waals surface area contributed by atoms with E-state index in [4.69, 9.17) is 16.7 Å². The van der Waals surface area contributed by atoms with Gasteiger partial charge in [0.1, 0.15) is 5.75 Å². The van der Waals surface area contributed by atoms with Gasteiger partial charge in [0.05, 0.1) is 10.9 Å². The Morgan fingerprint density at radius 2 is 2.00 bits per heavy atom. The highest BCUT2D eigenvalue weighted by Crippen LogP contribution is 2.52. The zero-order valence-corrected chi connectivity index (χ0v) is 12.6. The molecule has 1 aromatic carbocycles. The molecule has 2 fully saturated rings. The smallest absolute Gasteiger partial charge is 0.306 e. The second-order valence-corrected chi connectivity index (χ2v) is 6.87. The van der Waals surface area contributed by atoms with Crippen LogP contribution in [-0.4, -0.2) is 34.2 Å². The number of para-hydroxylation sites is 1. The molecule has 0 unspecified atom stereocenters. The first-order valence-corrected chi connectivity index (χ1v) is 7.78. The van der Waals surface area contributed by atoms with Crippen LogP contribution in [0.25, 0.3) is 0 Å². The molecule has 0 bridgehead atoms. The van der Waals surface area contributed by atoms with Gasteiger partial charge in [-0.2, -0.15) is 0 Å². The normalized spacial score (nSPS) is 22.1. The summed E-state index contributed by atoms with van der Waals surface area (Å²) in [6, 6.07) is 5.44. The van der Waals surface area contributed by atoms with Crippen LogP contribution in [0.2, 0.25) is 5.02 Å². The standard InChI is InChI=1S/C16H20ClNO3/c17-13-3-1-2-11(14(13)19)10-18-6-4-16(5-7-18)8-12(9-16)15(20)21/h1-3,12,19H,4-10H2,(H,20,21). The molecule has 3 rings (SSSR count).